The number of carbonyl (C=O) groups excluding carboxylic acids is 3. The SMILES string of the molecule is CCCCOC(=O)Oc1ccc(C[C@](N)(C(=O)O)[C@H](C)[C@H](C)OC(=O)OC(C)CC)cc1OC(=O)OCCCC. The van der Waals surface area contributed by atoms with Crippen LogP contribution in [0.2, 0.25) is 0 Å². The molecule has 4 atom stereocenters. The summed E-state index contributed by atoms with van der Waals surface area (Å²) in [4.78, 5) is 48.8. The molecule has 3 N–H and O–H groups in total. The lowest BCUT2D eigenvalue weighted by Crippen LogP contribution is -2.58. The Kier molecular flexibility index (Phi) is 14.8. The highest BCUT2D eigenvalue weighted by Gasteiger charge is 2.44. The Labute approximate surface area is 235 Å². The van der Waals surface area contributed by atoms with Gasteiger partial charge in [0.15, 0.2) is 11.5 Å². The van der Waals surface area contributed by atoms with Crippen molar-refractivity contribution in [1.82, 2.24) is 0 Å². The number of nitrogens with two attached hydrogens (primary N) is 1. The Morgan fingerprint density at radius 3 is 1.90 bits per heavy atom. The van der Waals surface area contributed by atoms with Gasteiger partial charge in [0.1, 0.15) is 17.7 Å². The highest BCUT2D eigenvalue weighted by molar-refractivity contribution is 5.80. The number of rotatable bonds is 16. The molecule has 12 heteroatoms. The summed E-state index contributed by atoms with van der Waals surface area (Å²) < 4.78 is 30.9. The summed E-state index contributed by atoms with van der Waals surface area (Å²) in [5, 5.41) is 10.1. The maximum Gasteiger partial charge on any atom is 0.513 e. The number of unbranched alkanes of at least 4 members (excludes halogenated alkanes) is 2. The van der Waals surface area contributed by atoms with E-state index in [-0.39, 0.29) is 37.2 Å². The fraction of sp³-hybridized carbons (Fsp3) is 0.643. The molecule has 40 heavy (non-hydrogen) atoms. The number of benzene rings is 1. The van der Waals surface area contributed by atoms with Gasteiger partial charge in [0.25, 0.3) is 0 Å². The van der Waals surface area contributed by atoms with E-state index in [0.29, 0.717) is 24.8 Å². The van der Waals surface area contributed by atoms with E-state index >= 15 is 0 Å². The van der Waals surface area contributed by atoms with Gasteiger partial charge in [-0.2, -0.15) is 0 Å². The summed E-state index contributed by atoms with van der Waals surface area (Å²) in [5.41, 5.74) is 4.81. The fourth-order valence-electron chi connectivity index (χ4n) is 3.38. The first kappa shape index (κ1) is 34.5. The predicted octanol–water partition coefficient (Wildman–Crippen LogP) is 5.62. The molecule has 1 rings (SSSR count). The molecule has 0 aromatic heterocycles. The van der Waals surface area contributed by atoms with Gasteiger partial charge in [0.2, 0.25) is 0 Å². The average molecular weight is 570 g/mol. The van der Waals surface area contributed by atoms with Crippen molar-refractivity contribution in [2.24, 2.45) is 11.7 Å². The second-order valence-corrected chi connectivity index (χ2v) is 9.61. The van der Waals surface area contributed by atoms with Gasteiger partial charge in [-0.1, -0.05) is 46.6 Å². The average Bonchev–Trinajstić information content (AvgIpc) is 2.89. The lowest BCUT2D eigenvalue weighted by atomic mass is 9.78. The standard InChI is InChI=1S/C28H43NO11/c1-7-10-14-35-25(32)39-22-13-12-21(16-23(22)40-26(33)36-15-11-8-2)17-28(29,24(30)31)19(5)20(6)38-27(34)37-18(4)9-3/h12-13,16,18-20H,7-11,14-15,17,29H2,1-6H3,(H,30,31)/t18?,19-,20+,28-/m1/s1. The van der Waals surface area contributed by atoms with Crippen LogP contribution in [0.1, 0.15) is 79.2 Å². The van der Waals surface area contributed by atoms with Crippen molar-refractivity contribution >= 4 is 24.4 Å². The van der Waals surface area contributed by atoms with Crippen LogP contribution in [0.25, 0.3) is 0 Å². The van der Waals surface area contributed by atoms with Crippen molar-refractivity contribution < 1.29 is 52.7 Å². The van der Waals surface area contributed by atoms with Crippen LogP contribution in [0.4, 0.5) is 14.4 Å². The maximum absolute atomic E-state index is 12.3. The molecule has 0 bridgehead atoms. The van der Waals surface area contributed by atoms with E-state index in [0.717, 1.165) is 12.8 Å². The van der Waals surface area contributed by atoms with Gasteiger partial charge in [0, 0.05) is 12.3 Å². The Morgan fingerprint density at radius 1 is 0.850 bits per heavy atom. The Morgan fingerprint density at radius 2 is 1.40 bits per heavy atom. The van der Waals surface area contributed by atoms with Crippen molar-refractivity contribution in [3.05, 3.63) is 23.8 Å². The highest BCUT2D eigenvalue weighted by atomic mass is 16.7. The summed E-state index contributed by atoms with van der Waals surface area (Å²) in [6, 6.07) is 4.14. The van der Waals surface area contributed by atoms with Gasteiger partial charge in [-0.3, -0.25) is 4.79 Å². The Hall–Kier alpha value is -3.54. The van der Waals surface area contributed by atoms with Crippen molar-refractivity contribution in [2.45, 2.75) is 97.8 Å². The minimum Gasteiger partial charge on any atom is -0.480 e. The maximum atomic E-state index is 12.3. The smallest absolute Gasteiger partial charge is 0.480 e. The van der Waals surface area contributed by atoms with Crippen LogP contribution in [-0.4, -0.2) is 60.5 Å². The molecule has 12 nitrogen and oxygen atoms in total. The Bertz CT molecular complexity index is 983. The molecule has 0 radical (unpaired) electrons. The zero-order valence-electron chi connectivity index (χ0n) is 24.2. The molecule has 0 saturated heterocycles. The number of carboxylic acid groups (broad SMARTS) is 1. The van der Waals surface area contributed by atoms with Gasteiger partial charge >= 0.3 is 24.4 Å². The first-order chi connectivity index (χ1) is 18.9. The number of ether oxygens (including phenoxy) is 6. The van der Waals surface area contributed by atoms with Crippen LogP contribution in [-0.2, 0) is 30.2 Å². The molecular weight excluding hydrogens is 526 g/mol. The van der Waals surface area contributed by atoms with Gasteiger partial charge in [0.05, 0.1) is 13.2 Å². The normalized spacial score (nSPS) is 14.6. The van der Waals surface area contributed by atoms with E-state index in [1.807, 2.05) is 20.8 Å². The molecular formula is C28H43NO11. The molecule has 0 saturated carbocycles. The third kappa shape index (κ3) is 11.3. The lowest BCUT2D eigenvalue weighted by Gasteiger charge is -2.34. The Balaban J connectivity index is 3.20. The van der Waals surface area contributed by atoms with E-state index in [4.69, 9.17) is 34.2 Å². The topological polar surface area (TPSA) is 170 Å². The molecule has 1 aromatic carbocycles. The number of carbonyl (C=O) groups is 4. The number of hydrogen-bond acceptors (Lipinski definition) is 11. The van der Waals surface area contributed by atoms with Crippen molar-refractivity contribution in [2.75, 3.05) is 13.2 Å². The van der Waals surface area contributed by atoms with Crippen molar-refractivity contribution in [3.8, 4) is 11.5 Å². The third-order valence-corrected chi connectivity index (χ3v) is 6.40. The van der Waals surface area contributed by atoms with Crippen LogP contribution in [0, 0.1) is 5.92 Å². The number of carboxylic acids is 1. The molecule has 0 spiro atoms. The number of hydrogen-bond donors (Lipinski definition) is 2. The van der Waals surface area contributed by atoms with E-state index in [9.17, 15) is 24.3 Å². The van der Waals surface area contributed by atoms with Crippen molar-refractivity contribution in [1.29, 1.82) is 0 Å². The van der Waals surface area contributed by atoms with Crippen molar-refractivity contribution in [3.63, 3.8) is 0 Å². The van der Waals surface area contributed by atoms with E-state index < -0.39 is 42.0 Å². The second-order valence-electron chi connectivity index (χ2n) is 9.61. The zero-order chi connectivity index (χ0) is 30.3. The van der Waals surface area contributed by atoms with Gasteiger partial charge in [-0.15, -0.1) is 0 Å². The third-order valence-electron chi connectivity index (χ3n) is 6.40. The van der Waals surface area contributed by atoms with Crippen LogP contribution < -0.4 is 15.2 Å². The summed E-state index contributed by atoms with van der Waals surface area (Å²) in [5.74, 6) is -2.53. The zero-order valence-corrected chi connectivity index (χ0v) is 24.2. The highest BCUT2D eigenvalue weighted by Crippen LogP contribution is 2.33. The summed E-state index contributed by atoms with van der Waals surface area (Å²) >= 11 is 0. The van der Waals surface area contributed by atoms with Gasteiger partial charge in [-0.05, 0) is 50.8 Å². The predicted molar refractivity (Wildman–Crippen MR) is 144 cm³/mol. The second kappa shape index (κ2) is 17.2. The lowest BCUT2D eigenvalue weighted by molar-refractivity contribution is -0.147. The summed E-state index contributed by atoms with van der Waals surface area (Å²) in [6.07, 6.45) is -1.01. The first-order valence-corrected chi connectivity index (χ1v) is 13.6. The van der Waals surface area contributed by atoms with Gasteiger partial charge < -0.3 is 39.3 Å². The monoisotopic (exact) mass is 569 g/mol. The molecule has 1 aromatic rings. The molecule has 0 aliphatic heterocycles. The number of aliphatic carboxylic acids is 1. The van der Waals surface area contributed by atoms with Crippen LogP contribution in [0.15, 0.2) is 18.2 Å². The van der Waals surface area contributed by atoms with E-state index in [1.54, 1.807) is 13.8 Å². The molecule has 0 aliphatic carbocycles. The quantitative estimate of drug-likeness (QED) is 0.109. The minimum atomic E-state index is -1.91. The van der Waals surface area contributed by atoms with Crippen LogP contribution in [0.5, 0.6) is 11.5 Å². The molecule has 0 aliphatic rings. The molecule has 1 unspecified atom stereocenters. The summed E-state index contributed by atoms with van der Waals surface area (Å²) in [6.45, 7) is 10.8. The van der Waals surface area contributed by atoms with Crippen LogP contribution in [0.3, 0.4) is 0 Å². The molecule has 0 heterocycles. The summed E-state index contributed by atoms with van der Waals surface area (Å²) in [7, 11) is 0. The van der Waals surface area contributed by atoms with Gasteiger partial charge in [-0.25, -0.2) is 14.4 Å². The minimum absolute atomic E-state index is 0.129. The first-order valence-electron chi connectivity index (χ1n) is 13.6. The fourth-order valence-corrected chi connectivity index (χ4v) is 3.38. The van der Waals surface area contributed by atoms with Crippen LogP contribution >= 0.6 is 0 Å². The molecule has 0 amide bonds. The largest absolute Gasteiger partial charge is 0.513 e. The molecule has 226 valence electrons. The van der Waals surface area contributed by atoms with E-state index in [1.165, 1.54) is 25.1 Å². The molecule has 0 fully saturated rings. The van der Waals surface area contributed by atoms with E-state index in [2.05, 4.69) is 0 Å².